The topological polar surface area (TPSA) is 74.3 Å². The lowest BCUT2D eigenvalue weighted by Crippen LogP contribution is -2.58. The number of carbonyl (C=O) groups excluding carboxylic acids is 1. The molecule has 3 fully saturated rings. The smallest absolute Gasteiger partial charge is 0.318 e. The van der Waals surface area contributed by atoms with Gasteiger partial charge in [-0.05, 0) is 63.8 Å². The Morgan fingerprint density at radius 2 is 2.00 bits per heavy atom. The normalized spacial score (nSPS) is 22.5. The van der Waals surface area contributed by atoms with Gasteiger partial charge in [-0.3, -0.25) is 4.79 Å². The van der Waals surface area contributed by atoms with Crippen LogP contribution in [0.5, 0.6) is 6.01 Å². The van der Waals surface area contributed by atoms with Gasteiger partial charge < -0.3 is 29.1 Å². The van der Waals surface area contributed by atoms with Crippen molar-refractivity contribution in [1.29, 1.82) is 0 Å². The van der Waals surface area contributed by atoms with Crippen LogP contribution in [0.25, 0.3) is 10.8 Å². The van der Waals surface area contributed by atoms with Crippen LogP contribution in [0.15, 0.2) is 43.0 Å². The summed E-state index contributed by atoms with van der Waals surface area (Å²) in [5, 5.41) is 1.72. The number of amides is 1. The fourth-order valence-corrected chi connectivity index (χ4v) is 7.57. The maximum atomic E-state index is 14.6. The van der Waals surface area contributed by atoms with E-state index in [9.17, 15) is 9.18 Å². The molecule has 9 nitrogen and oxygen atoms in total. The van der Waals surface area contributed by atoms with Gasteiger partial charge in [0.05, 0.1) is 35.9 Å². The van der Waals surface area contributed by atoms with Crippen LogP contribution in [0.3, 0.4) is 0 Å². The molecule has 3 aromatic rings. The van der Waals surface area contributed by atoms with Crippen molar-refractivity contribution in [1.82, 2.24) is 19.8 Å². The van der Waals surface area contributed by atoms with Crippen LogP contribution in [0.1, 0.15) is 37.9 Å². The molecule has 0 bridgehead atoms. The van der Waals surface area contributed by atoms with Crippen molar-refractivity contribution in [2.45, 2.75) is 57.8 Å². The Kier molecular flexibility index (Phi) is 8.32. The van der Waals surface area contributed by atoms with Crippen LogP contribution in [0, 0.1) is 11.2 Å². The highest BCUT2D eigenvalue weighted by Gasteiger charge is 2.43. The number of anilines is 2. The highest BCUT2D eigenvalue weighted by Crippen LogP contribution is 2.39. The van der Waals surface area contributed by atoms with E-state index in [1.54, 1.807) is 6.07 Å². The van der Waals surface area contributed by atoms with Crippen molar-refractivity contribution in [3.05, 3.63) is 65.1 Å². The number of nitrogens with zero attached hydrogens (tertiary/aromatic N) is 6. The van der Waals surface area contributed by atoms with Crippen LogP contribution in [-0.4, -0.2) is 96.8 Å². The predicted octanol–water partition coefficient (Wildman–Crippen LogP) is 5.09. The molecule has 1 aromatic heterocycles. The SMILES string of the molecule is C=CC(=O)N1C[C@H](C)N(c2nc(OCC3(CN(C)C4CC4)COC3)nc3c2CCN(c2cccc4ccc(F)c(Cl)c24)C3)C[C@H]1C. The van der Waals surface area contributed by atoms with Gasteiger partial charge in [0, 0.05) is 60.9 Å². The number of hydrogen-bond donors (Lipinski definition) is 0. The summed E-state index contributed by atoms with van der Waals surface area (Å²) < 4.78 is 26.8. The molecule has 7 rings (SSSR count). The Morgan fingerprint density at radius 1 is 1.20 bits per heavy atom. The highest BCUT2D eigenvalue weighted by atomic mass is 35.5. The standard InChI is InChI=1S/C35H42ClFN6O3/c1-5-30(44)42-15-23(3)43(16-22(42)2)33-26-13-14-41(29-8-6-7-24-9-12-27(37)32(36)31(24)29)17-28(26)38-34(39-33)46-21-35(19-45-20-35)18-40(4)25-10-11-25/h5-9,12,22-23,25H,1,10-11,13-21H2,2-4H3/t22-,23+/m1/s1. The van der Waals surface area contributed by atoms with Crippen LogP contribution in [-0.2, 0) is 22.5 Å². The van der Waals surface area contributed by atoms with Crippen LogP contribution in [0.2, 0.25) is 5.02 Å². The number of hydrogen-bond acceptors (Lipinski definition) is 8. The summed E-state index contributed by atoms with van der Waals surface area (Å²) in [7, 11) is 2.19. The summed E-state index contributed by atoms with van der Waals surface area (Å²) in [5.74, 6) is 0.371. The molecule has 0 radical (unpaired) electrons. The second-order valence-electron chi connectivity index (χ2n) is 13.6. The van der Waals surface area contributed by atoms with Gasteiger partial charge in [-0.2, -0.15) is 9.97 Å². The predicted molar refractivity (Wildman–Crippen MR) is 178 cm³/mol. The van der Waals surface area contributed by atoms with Crippen LogP contribution < -0.4 is 14.5 Å². The Balaban J connectivity index is 1.22. The number of halogens is 2. The van der Waals surface area contributed by atoms with Gasteiger partial charge in [0.1, 0.15) is 18.2 Å². The van der Waals surface area contributed by atoms with Crippen LogP contribution in [0.4, 0.5) is 15.9 Å². The zero-order valence-electron chi connectivity index (χ0n) is 26.8. The number of rotatable bonds is 9. The third-order valence-corrected chi connectivity index (χ3v) is 10.4. The average Bonchev–Trinajstić information content (AvgIpc) is 3.89. The van der Waals surface area contributed by atoms with Crippen molar-refractivity contribution in [2.24, 2.45) is 5.41 Å². The molecule has 2 aromatic carbocycles. The first kappa shape index (κ1) is 31.1. The lowest BCUT2D eigenvalue weighted by atomic mass is 9.86. The number of fused-ring (bicyclic) bond motifs is 2. The third kappa shape index (κ3) is 5.80. The quantitative estimate of drug-likeness (QED) is 0.298. The van der Waals surface area contributed by atoms with Gasteiger partial charge in [-0.15, -0.1) is 0 Å². The molecule has 4 aliphatic rings. The minimum absolute atomic E-state index is 0.0159. The van der Waals surface area contributed by atoms with E-state index in [0.717, 1.165) is 34.7 Å². The van der Waals surface area contributed by atoms with E-state index in [1.165, 1.54) is 25.0 Å². The van der Waals surface area contributed by atoms with E-state index < -0.39 is 5.82 Å². The van der Waals surface area contributed by atoms with Crippen molar-refractivity contribution in [3.63, 3.8) is 0 Å². The number of ether oxygens (including phenoxy) is 2. The second-order valence-corrected chi connectivity index (χ2v) is 14.0. The van der Waals surface area contributed by atoms with E-state index in [0.29, 0.717) is 69.9 Å². The number of aromatic nitrogens is 2. The fraction of sp³-hybridized carbons (Fsp3) is 0.514. The first-order chi connectivity index (χ1) is 22.2. The maximum Gasteiger partial charge on any atom is 0.318 e. The Bertz CT molecular complexity index is 1660. The molecule has 1 amide bonds. The van der Waals surface area contributed by atoms with Crippen LogP contribution >= 0.6 is 11.6 Å². The molecule has 244 valence electrons. The summed E-state index contributed by atoms with van der Waals surface area (Å²) in [6.45, 7) is 13.0. The van der Waals surface area contributed by atoms with Crippen molar-refractivity contribution in [3.8, 4) is 6.01 Å². The van der Waals surface area contributed by atoms with Gasteiger partial charge >= 0.3 is 6.01 Å². The molecular formula is C35H42ClFN6O3. The van der Waals surface area contributed by atoms with Gasteiger partial charge in [-0.1, -0.05) is 36.4 Å². The first-order valence-corrected chi connectivity index (χ1v) is 16.7. The molecule has 2 atom stereocenters. The fourth-order valence-electron chi connectivity index (χ4n) is 7.30. The summed E-state index contributed by atoms with van der Waals surface area (Å²) >= 11 is 6.54. The Labute approximate surface area is 274 Å². The zero-order valence-corrected chi connectivity index (χ0v) is 27.6. The first-order valence-electron chi connectivity index (χ1n) is 16.3. The zero-order chi connectivity index (χ0) is 32.2. The Hall–Kier alpha value is -3.47. The highest BCUT2D eigenvalue weighted by molar-refractivity contribution is 6.36. The molecule has 4 heterocycles. The largest absolute Gasteiger partial charge is 0.463 e. The number of benzene rings is 2. The summed E-state index contributed by atoms with van der Waals surface area (Å²) in [5.41, 5.74) is 2.75. The summed E-state index contributed by atoms with van der Waals surface area (Å²) in [6.07, 6.45) is 4.58. The molecule has 0 spiro atoms. The number of piperazine rings is 1. The van der Waals surface area contributed by atoms with E-state index >= 15 is 0 Å². The minimum atomic E-state index is -0.433. The van der Waals surface area contributed by atoms with Gasteiger partial charge in [0.15, 0.2) is 0 Å². The molecule has 1 saturated carbocycles. The van der Waals surface area contributed by atoms with E-state index in [2.05, 4.69) is 42.2 Å². The summed E-state index contributed by atoms with van der Waals surface area (Å²) in [4.78, 5) is 31.5. The van der Waals surface area contributed by atoms with Crippen molar-refractivity contribution < 1.29 is 18.7 Å². The molecule has 0 unspecified atom stereocenters. The average molecular weight is 649 g/mol. The lowest BCUT2D eigenvalue weighted by Gasteiger charge is -2.45. The van der Waals surface area contributed by atoms with Gasteiger partial charge in [0.25, 0.3) is 0 Å². The molecule has 3 aliphatic heterocycles. The van der Waals surface area contributed by atoms with E-state index in [4.69, 9.17) is 31.0 Å². The molecule has 1 aliphatic carbocycles. The molecule has 11 heteroatoms. The van der Waals surface area contributed by atoms with Gasteiger partial charge in [-0.25, -0.2) is 4.39 Å². The second kappa shape index (κ2) is 12.3. The third-order valence-electron chi connectivity index (χ3n) is 10.1. The molecular weight excluding hydrogens is 607 g/mol. The maximum absolute atomic E-state index is 14.6. The van der Waals surface area contributed by atoms with Crippen molar-refractivity contribution in [2.75, 3.05) is 62.8 Å². The molecule has 2 saturated heterocycles. The van der Waals surface area contributed by atoms with Gasteiger partial charge in [0.2, 0.25) is 5.91 Å². The summed E-state index contributed by atoms with van der Waals surface area (Å²) in [6, 6.07) is 10.1. The minimum Gasteiger partial charge on any atom is -0.463 e. The Morgan fingerprint density at radius 3 is 2.72 bits per heavy atom. The monoisotopic (exact) mass is 648 g/mol. The lowest BCUT2D eigenvalue weighted by molar-refractivity contribution is -0.143. The molecule has 0 N–H and O–H groups in total. The molecule has 46 heavy (non-hydrogen) atoms. The van der Waals surface area contributed by atoms with Crippen molar-refractivity contribution >= 4 is 39.8 Å². The number of carbonyl (C=O) groups is 1. The van der Waals surface area contributed by atoms with E-state index in [-0.39, 0.29) is 28.4 Å². The van der Waals surface area contributed by atoms with E-state index in [1.807, 2.05) is 23.1 Å².